The summed E-state index contributed by atoms with van der Waals surface area (Å²) in [6.45, 7) is 0. The number of para-hydroxylation sites is 1. The van der Waals surface area contributed by atoms with Gasteiger partial charge in [0.15, 0.2) is 0 Å². The van der Waals surface area contributed by atoms with Gasteiger partial charge in [0.2, 0.25) is 7.60 Å². The third-order valence-corrected chi connectivity index (χ3v) is 3.70. The second-order valence-electron chi connectivity index (χ2n) is 4.49. The zero-order valence-electron chi connectivity index (χ0n) is 13.2. The van der Waals surface area contributed by atoms with Crippen molar-refractivity contribution in [1.29, 1.82) is 0 Å². The first-order valence-electron chi connectivity index (χ1n) is 6.60. The van der Waals surface area contributed by atoms with Crippen LogP contribution in [0.3, 0.4) is 0 Å². The summed E-state index contributed by atoms with van der Waals surface area (Å²) in [5.41, 5.74) is -0.201. The number of amides is 1. The van der Waals surface area contributed by atoms with Crippen molar-refractivity contribution in [3.05, 3.63) is 64.7 Å². The molecule has 0 aliphatic carbocycles. The van der Waals surface area contributed by atoms with Crippen LogP contribution < -0.4 is 49.0 Å². The van der Waals surface area contributed by atoms with Gasteiger partial charge in [-0.2, -0.15) is 0 Å². The first-order chi connectivity index (χ1) is 11.4. The van der Waals surface area contributed by atoms with E-state index in [4.69, 9.17) is 9.26 Å². The minimum absolute atomic E-state index is 0. The average Bonchev–Trinajstić information content (AvgIpc) is 2.54. The van der Waals surface area contributed by atoms with Gasteiger partial charge in [-0.3, -0.25) is 14.7 Å². The molecule has 0 fully saturated rings. The standard InChI is InChI=1S/C14H13N2O7P.Na/c17-14(22-12-4-2-1-3-5-12)15-10-24(20,21)23-13-8-6-11(7-9-13)16(18)19;/h1-9H,10H2,(H,15,17)(H,20,21);/q;+1/p-1. The second-order valence-corrected chi connectivity index (χ2v) is 6.21. The van der Waals surface area contributed by atoms with Gasteiger partial charge < -0.3 is 19.5 Å². The zero-order chi connectivity index (χ0) is 17.6. The molecule has 1 atom stereocenters. The smallest absolute Gasteiger partial charge is 0.768 e. The Morgan fingerprint density at radius 3 is 2.24 bits per heavy atom. The van der Waals surface area contributed by atoms with Crippen LogP contribution in [0.4, 0.5) is 10.5 Å². The van der Waals surface area contributed by atoms with Gasteiger partial charge in [0.1, 0.15) is 11.5 Å². The van der Waals surface area contributed by atoms with Gasteiger partial charge in [0, 0.05) is 12.1 Å². The molecule has 1 unspecified atom stereocenters. The molecule has 2 aromatic carbocycles. The van der Waals surface area contributed by atoms with E-state index in [9.17, 15) is 24.4 Å². The van der Waals surface area contributed by atoms with Gasteiger partial charge in [0.05, 0.1) is 11.2 Å². The Bertz CT molecular complexity index is 771. The van der Waals surface area contributed by atoms with Crippen LogP contribution in [0.1, 0.15) is 0 Å². The van der Waals surface area contributed by atoms with E-state index < -0.39 is 24.9 Å². The minimum atomic E-state index is -4.44. The van der Waals surface area contributed by atoms with Crippen LogP contribution in [0.2, 0.25) is 0 Å². The van der Waals surface area contributed by atoms with E-state index in [1.165, 1.54) is 12.1 Å². The predicted octanol–water partition coefficient (Wildman–Crippen LogP) is -0.723. The van der Waals surface area contributed by atoms with Gasteiger partial charge in [0.25, 0.3) is 5.69 Å². The summed E-state index contributed by atoms with van der Waals surface area (Å²) in [6, 6.07) is 12.6. The molecule has 0 aliphatic rings. The third kappa shape index (κ3) is 7.25. The number of hydrogen-bond acceptors (Lipinski definition) is 7. The fourth-order valence-corrected chi connectivity index (χ4v) is 2.44. The van der Waals surface area contributed by atoms with Crippen LogP contribution >= 0.6 is 7.60 Å². The number of ether oxygens (including phenoxy) is 1. The Morgan fingerprint density at radius 1 is 1.08 bits per heavy atom. The summed E-state index contributed by atoms with van der Waals surface area (Å²) in [4.78, 5) is 33.2. The molecule has 0 radical (unpaired) electrons. The Hall–Kier alpha value is -1.90. The molecule has 2 aromatic rings. The van der Waals surface area contributed by atoms with Crippen molar-refractivity contribution in [3.63, 3.8) is 0 Å². The maximum atomic E-state index is 11.8. The molecule has 0 heterocycles. The van der Waals surface area contributed by atoms with E-state index in [0.29, 0.717) is 0 Å². The monoisotopic (exact) mass is 374 g/mol. The maximum absolute atomic E-state index is 11.8. The molecule has 126 valence electrons. The van der Waals surface area contributed by atoms with Crippen molar-refractivity contribution < 1.29 is 58.0 Å². The number of rotatable bonds is 6. The van der Waals surface area contributed by atoms with Crippen molar-refractivity contribution in [3.8, 4) is 11.5 Å². The number of carbonyl (C=O) groups excluding carboxylic acids is 1. The average molecular weight is 374 g/mol. The van der Waals surface area contributed by atoms with Crippen LogP contribution in [0, 0.1) is 10.1 Å². The Balaban J connectivity index is 0.00000312. The Kier molecular flexibility index (Phi) is 8.08. The summed E-state index contributed by atoms with van der Waals surface area (Å²) in [7, 11) is -4.44. The fraction of sp³-hybridized carbons (Fsp3) is 0.0714. The molecule has 1 N–H and O–H groups in total. The van der Waals surface area contributed by atoms with Gasteiger partial charge in [-0.05, 0) is 24.3 Å². The summed E-state index contributed by atoms with van der Waals surface area (Å²) in [6.07, 6.45) is -1.75. The number of benzene rings is 2. The molecule has 25 heavy (non-hydrogen) atoms. The van der Waals surface area contributed by atoms with Crippen molar-refractivity contribution in [1.82, 2.24) is 5.32 Å². The van der Waals surface area contributed by atoms with Crippen molar-refractivity contribution >= 4 is 19.4 Å². The van der Waals surface area contributed by atoms with E-state index in [1.54, 1.807) is 18.2 Å². The zero-order valence-corrected chi connectivity index (χ0v) is 16.0. The molecule has 2 rings (SSSR count). The SMILES string of the molecule is O=C(NCP(=O)([O-])Oc1ccc([N+](=O)[O-])cc1)Oc1ccccc1.[Na+]. The molecular formula is C14H12N2NaO7P. The number of nitro groups is 1. The van der Waals surface area contributed by atoms with Gasteiger partial charge >= 0.3 is 35.7 Å². The number of nitrogens with zero attached hydrogens (tertiary/aromatic N) is 1. The third-order valence-electron chi connectivity index (χ3n) is 2.66. The molecule has 0 bridgehead atoms. The van der Waals surface area contributed by atoms with Gasteiger partial charge in [-0.1, -0.05) is 18.2 Å². The number of non-ortho nitro benzene ring substituents is 1. The Labute approximate surface area is 164 Å². The number of nitrogens with one attached hydrogen (secondary N) is 1. The van der Waals surface area contributed by atoms with Crippen LogP contribution in [0.25, 0.3) is 0 Å². The second kappa shape index (κ2) is 9.55. The predicted molar refractivity (Wildman–Crippen MR) is 81.8 cm³/mol. The van der Waals surface area contributed by atoms with E-state index in [1.807, 2.05) is 0 Å². The number of hydrogen-bond donors (Lipinski definition) is 1. The molecule has 0 saturated heterocycles. The summed E-state index contributed by atoms with van der Waals surface area (Å²) < 4.78 is 21.4. The Morgan fingerprint density at radius 2 is 1.68 bits per heavy atom. The minimum Gasteiger partial charge on any atom is -0.768 e. The van der Waals surface area contributed by atoms with E-state index in [0.717, 1.165) is 24.3 Å². The van der Waals surface area contributed by atoms with Crippen molar-refractivity contribution in [2.45, 2.75) is 0 Å². The summed E-state index contributed by atoms with van der Waals surface area (Å²) in [5, 5.41) is 12.6. The normalized spacial score (nSPS) is 12.2. The van der Waals surface area contributed by atoms with Crippen LogP contribution in [0.5, 0.6) is 11.5 Å². The number of nitro benzene ring substituents is 1. The molecule has 11 heteroatoms. The largest absolute Gasteiger partial charge is 1.00 e. The summed E-state index contributed by atoms with van der Waals surface area (Å²) >= 11 is 0. The fourth-order valence-electron chi connectivity index (χ4n) is 1.61. The molecule has 1 amide bonds. The van der Waals surface area contributed by atoms with E-state index in [-0.39, 0.29) is 46.7 Å². The number of carbonyl (C=O) groups is 1. The topological polar surface area (TPSA) is 131 Å². The molecular weight excluding hydrogens is 362 g/mol. The van der Waals surface area contributed by atoms with Crippen LogP contribution in [-0.2, 0) is 4.57 Å². The van der Waals surface area contributed by atoms with Gasteiger partial charge in [-0.25, -0.2) is 4.79 Å². The van der Waals surface area contributed by atoms with Crippen LogP contribution in [-0.4, -0.2) is 17.3 Å². The molecule has 0 saturated carbocycles. The van der Waals surface area contributed by atoms with Crippen molar-refractivity contribution in [2.75, 3.05) is 6.29 Å². The van der Waals surface area contributed by atoms with Crippen molar-refractivity contribution in [2.24, 2.45) is 0 Å². The van der Waals surface area contributed by atoms with E-state index in [2.05, 4.69) is 5.32 Å². The quantitative estimate of drug-likeness (QED) is 0.305. The first-order valence-corrected chi connectivity index (χ1v) is 8.33. The maximum Gasteiger partial charge on any atom is 1.00 e. The molecule has 0 aromatic heterocycles. The molecule has 9 nitrogen and oxygen atoms in total. The van der Waals surface area contributed by atoms with Crippen LogP contribution in [0.15, 0.2) is 54.6 Å². The van der Waals surface area contributed by atoms with Gasteiger partial charge in [-0.15, -0.1) is 0 Å². The van der Waals surface area contributed by atoms with E-state index >= 15 is 0 Å². The molecule has 0 aliphatic heterocycles. The summed E-state index contributed by atoms with van der Waals surface area (Å²) in [5.74, 6) is 0.157. The first kappa shape index (κ1) is 21.1. The molecule has 0 spiro atoms.